The second-order valence-electron chi connectivity index (χ2n) is 7.17. The molecule has 2 heterocycles. The molecule has 0 bridgehead atoms. The summed E-state index contributed by atoms with van der Waals surface area (Å²) in [7, 11) is 4.54. The van der Waals surface area contributed by atoms with Gasteiger partial charge in [-0.3, -0.25) is 14.5 Å². The molecule has 0 unspecified atom stereocenters. The molecule has 0 fully saturated rings. The molecular weight excluding hydrogens is 444 g/mol. The summed E-state index contributed by atoms with van der Waals surface area (Å²) >= 11 is 5.97. The molecule has 2 aromatic heterocycles. The van der Waals surface area contributed by atoms with Crippen molar-refractivity contribution in [3.63, 3.8) is 0 Å². The predicted molar refractivity (Wildman–Crippen MR) is 127 cm³/mol. The molecule has 0 saturated heterocycles. The highest BCUT2D eigenvalue weighted by Crippen LogP contribution is 2.29. The maximum Gasteiger partial charge on any atom is 0.411 e. The van der Waals surface area contributed by atoms with E-state index in [1.54, 1.807) is 66.8 Å². The van der Waals surface area contributed by atoms with E-state index in [1.807, 2.05) is 16.5 Å². The van der Waals surface area contributed by atoms with E-state index in [4.69, 9.17) is 16.3 Å². The van der Waals surface area contributed by atoms with E-state index in [0.717, 1.165) is 11.3 Å². The number of carbonyl (C=O) groups is 2. The van der Waals surface area contributed by atoms with Crippen LogP contribution in [0.15, 0.2) is 67.0 Å². The van der Waals surface area contributed by atoms with Crippen LogP contribution in [0.25, 0.3) is 16.9 Å². The van der Waals surface area contributed by atoms with Crippen molar-refractivity contribution in [3.8, 4) is 17.0 Å². The molecule has 2 aromatic carbocycles. The maximum atomic E-state index is 13.2. The van der Waals surface area contributed by atoms with Crippen LogP contribution < -0.4 is 15.0 Å². The smallest absolute Gasteiger partial charge is 0.411 e. The minimum atomic E-state index is -0.546. The quantitative estimate of drug-likeness (QED) is 0.443. The van der Waals surface area contributed by atoms with Crippen LogP contribution in [0.5, 0.6) is 5.75 Å². The Hall–Kier alpha value is -4.04. The lowest BCUT2D eigenvalue weighted by Gasteiger charge is -2.18. The minimum Gasteiger partial charge on any atom is -0.493 e. The number of halogens is 1. The standard InChI is InChI=1S/C24H21ClN4O4/c1-28(19-10-6-17(25)7-11-19)23(30)16-12-21(32-2)22-26-13-20(29(22)14-16)15-4-8-18(9-5-15)27-24(31)33-3/h4-14H,1-3H3,(H,27,31). The number of methoxy groups -OCH3 is 2. The zero-order valence-corrected chi connectivity index (χ0v) is 19.0. The molecule has 0 aliphatic heterocycles. The first-order chi connectivity index (χ1) is 15.9. The third kappa shape index (κ3) is 4.47. The molecule has 0 atom stereocenters. The molecule has 0 aliphatic carbocycles. The average Bonchev–Trinajstić information content (AvgIpc) is 3.27. The van der Waals surface area contributed by atoms with Gasteiger partial charge in [-0.15, -0.1) is 0 Å². The average molecular weight is 465 g/mol. The van der Waals surface area contributed by atoms with Gasteiger partial charge >= 0.3 is 6.09 Å². The van der Waals surface area contributed by atoms with Gasteiger partial charge < -0.3 is 14.4 Å². The molecule has 8 nitrogen and oxygen atoms in total. The summed E-state index contributed by atoms with van der Waals surface area (Å²) in [6.45, 7) is 0. The molecule has 33 heavy (non-hydrogen) atoms. The number of fused-ring (bicyclic) bond motifs is 1. The van der Waals surface area contributed by atoms with Gasteiger partial charge in [0.05, 0.1) is 31.7 Å². The number of amides is 2. The SMILES string of the molecule is COC(=O)Nc1ccc(-c2cnc3c(OC)cc(C(=O)N(C)c4ccc(Cl)cc4)cn23)cc1. The van der Waals surface area contributed by atoms with Gasteiger partial charge in [0.25, 0.3) is 5.91 Å². The van der Waals surface area contributed by atoms with Gasteiger partial charge in [0, 0.05) is 35.2 Å². The van der Waals surface area contributed by atoms with Gasteiger partial charge in [-0.25, -0.2) is 9.78 Å². The fourth-order valence-electron chi connectivity index (χ4n) is 3.41. The third-order valence-corrected chi connectivity index (χ3v) is 5.42. The summed E-state index contributed by atoms with van der Waals surface area (Å²) in [4.78, 5) is 30.7. The van der Waals surface area contributed by atoms with E-state index in [2.05, 4.69) is 15.0 Å². The Kier molecular flexibility index (Phi) is 6.19. The van der Waals surface area contributed by atoms with E-state index in [-0.39, 0.29) is 5.91 Å². The molecule has 9 heteroatoms. The van der Waals surface area contributed by atoms with Crippen molar-refractivity contribution >= 4 is 40.6 Å². The predicted octanol–water partition coefficient (Wildman–Crippen LogP) is 5.12. The molecule has 0 aliphatic rings. The van der Waals surface area contributed by atoms with Crippen LogP contribution in [0.3, 0.4) is 0 Å². The van der Waals surface area contributed by atoms with Crippen LogP contribution in [0.1, 0.15) is 10.4 Å². The first kappa shape index (κ1) is 22.2. The number of anilines is 2. The normalized spacial score (nSPS) is 10.7. The molecule has 0 saturated carbocycles. The zero-order valence-electron chi connectivity index (χ0n) is 18.2. The van der Waals surface area contributed by atoms with Crippen molar-refractivity contribution in [1.29, 1.82) is 0 Å². The fraction of sp³-hybridized carbons (Fsp3) is 0.125. The van der Waals surface area contributed by atoms with Crippen LogP contribution >= 0.6 is 11.6 Å². The largest absolute Gasteiger partial charge is 0.493 e. The number of hydrogen-bond donors (Lipinski definition) is 1. The number of nitrogens with one attached hydrogen (secondary N) is 1. The summed E-state index contributed by atoms with van der Waals surface area (Å²) in [6.07, 6.45) is 2.89. The number of aromatic nitrogens is 2. The van der Waals surface area contributed by atoms with E-state index >= 15 is 0 Å². The Morgan fingerprint density at radius 3 is 2.39 bits per heavy atom. The Bertz CT molecular complexity index is 1320. The van der Waals surface area contributed by atoms with Crippen LogP contribution in [-0.4, -0.2) is 42.7 Å². The number of carbonyl (C=O) groups excluding carboxylic acids is 2. The van der Waals surface area contributed by atoms with Gasteiger partial charge in [-0.2, -0.15) is 0 Å². The van der Waals surface area contributed by atoms with E-state index in [1.165, 1.54) is 14.2 Å². The highest BCUT2D eigenvalue weighted by atomic mass is 35.5. The Balaban J connectivity index is 1.72. The number of imidazole rings is 1. The van der Waals surface area contributed by atoms with E-state index in [0.29, 0.717) is 33.4 Å². The summed E-state index contributed by atoms with van der Waals surface area (Å²) < 4.78 is 11.9. The second kappa shape index (κ2) is 9.22. The van der Waals surface area contributed by atoms with Crippen LogP contribution in [0.2, 0.25) is 5.02 Å². The Morgan fingerprint density at radius 2 is 1.76 bits per heavy atom. The van der Waals surface area contributed by atoms with Gasteiger partial charge in [-0.1, -0.05) is 23.7 Å². The second-order valence-corrected chi connectivity index (χ2v) is 7.61. The van der Waals surface area contributed by atoms with E-state index in [9.17, 15) is 9.59 Å². The first-order valence-electron chi connectivity index (χ1n) is 9.95. The van der Waals surface area contributed by atoms with E-state index < -0.39 is 6.09 Å². The lowest BCUT2D eigenvalue weighted by atomic mass is 10.1. The van der Waals surface area contributed by atoms with Crippen LogP contribution in [0.4, 0.5) is 16.2 Å². The highest BCUT2D eigenvalue weighted by Gasteiger charge is 2.19. The molecule has 0 radical (unpaired) electrons. The summed E-state index contributed by atoms with van der Waals surface area (Å²) in [5.74, 6) is 0.260. The Morgan fingerprint density at radius 1 is 1.06 bits per heavy atom. The molecule has 0 spiro atoms. The lowest BCUT2D eigenvalue weighted by molar-refractivity contribution is 0.0992. The number of benzene rings is 2. The summed E-state index contributed by atoms with van der Waals surface area (Å²) in [6, 6.07) is 15.9. The van der Waals surface area contributed by atoms with Gasteiger partial charge in [0.2, 0.25) is 0 Å². The maximum absolute atomic E-state index is 13.2. The molecule has 2 amide bonds. The molecule has 168 valence electrons. The number of pyridine rings is 1. The zero-order chi connectivity index (χ0) is 23.5. The van der Waals surface area contributed by atoms with Gasteiger partial charge in [0.15, 0.2) is 11.4 Å². The van der Waals surface area contributed by atoms with Gasteiger partial charge in [-0.05, 0) is 42.5 Å². The van der Waals surface area contributed by atoms with Crippen molar-refractivity contribution in [2.24, 2.45) is 0 Å². The number of hydrogen-bond acceptors (Lipinski definition) is 5. The third-order valence-electron chi connectivity index (χ3n) is 5.17. The summed E-state index contributed by atoms with van der Waals surface area (Å²) in [5.41, 5.74) is 3.92. The molecule has 1 N–H and O–H groups in total. The lowest BCUT2D eigenvalue weighted by Crippen LogP contribution is -2.26. The monoisotopic (exact) mass is 464 g/mol. The molecule has 4 rings (SSSR count). The molecule has 4 aromatic rings. The number of ether oxygens (including phenoxy) is 2. The minimum absolute atomic E-state index is 0.213. The first-order valence-corrected chi connectivity index (χ1v) is 10.3. The van der Waals surface area contributed by atoms with Gasteiger partial charge in [0.1, 0.15) is 0 Å². The topological polar surface area (TPSA) is 85.2 Å². The van der Waals surface area contributed by atoms with Crippen LogP contribution in [-0.2, 0) is 4.74 Å². The van der Waals surface area contributed by atoms with Crippen molar-refractivity contribution in [2.45, 2.75) is 0 Å². The Labute approximate surface area is 195 Å². The van der Waals surface area contributed by atoms with Crippen LogP contribution in [0, 0.1) is 0 Å². The highest BCUT2D eigenvalue weighted by molar-refractivity contribution is 6.30. The fourth-order valence-corrected chi connectivity index (χ4v) is 3.53. The van der Waals surface area contributed by atoms with Crippen molar-refractivity contribution in [2.75, 3.05) is 31.5 Å². The molecular formula is C24H21ClN4O4. The number of rotatable bonds is 5. The summed E-state index contributed by atoms with van der Waals surface area (Å²) in [5, 5.41) is 3.21. The van der Waals surface area contributed by atoms with Crippen molar-refractivity contribution in [3.05, 3.63) is 77.6 Å². The number of nitrogens with zero attached hydrogens (tertiary/aromatic N) is 3. The van der Waals surface area contributed by atoms with Crippen molar-refractivity contribution < 1.29 is 19.1 Å². The van der Waals surface area contributed by atoms with Crippen molar-refractivity contribution in [1.82, 2.24) is 9.38 Å².